The summed E-state index contributed by atoms with van der Waals surface area (Å²) in [6, 6.07) is 15.0. The SMILES string of the molecule is O=C(NCC(=O)N1CCOC(c2ccccc2)C1)C(=O)Nc1ccccc1F. The minimum atomic E-state index is -1.04. The molecule has 0 aromatic heterocycles. The van der Waals surface area contributed by atoms with Crippen molar-refractivity contribution in [2.24, 2.45) is 0 Å². The molecule has 2 N–H and O–H groups in total. The van der Waals surface area contributed by atoms with E-state index in [1.807, 2.05) is 30.3 Å². The number of amides is 3. The Labute approximate surface area is 161 Å². The van der Waals surface area contributed by atoms with E-state index in [-0.39, 0.29) is 24.2 Å². The van der Waals surface area contributed by atoms with Crippen LogP contribution in [0, 0.1) is 5.82 Å². The van der Waals surface area contributed by atoms with Gasteiger partial charge in [-0.15, -0.1) is 0 Å². The number of rotatable bonds is 4. The number of carbonyl (C=O) groups is 3. The highest BCUT2D eigenvalue weighted by Gasteiger charge is 2.26. The Morgan fingerprint density at radius 3 is 2.50 bits per heavy atom. The van der Waals surface area contributed by atoms with E-state index < -0.39 is 17.6 Å². The second kappa shape index (κ2) is 9.09. The van der Waals surface area contributed by atoms with Gasteiger partial charge in [-0.05, 0) is 17.7 Å². The van der Waals surface area contributed by atoms with E-state index in [4.69, 9.17) is 4.74 Å². The molecule has 1 aliphatic rings. The van der Waals surface area contributed by atoms with Gasteiger partial charge in [0, 0.05) is 6.54 Å². The first-order valence-electron chi connectivity index (χ1n) is 8.82. The van der Waals surface area contributed by atoms with Crippen LogP contribution >= 0.6 is 0 Å². The van der Waals surface area contributed by atoms with Gasteiger partial charge in [0.25, 0.3) is 0 Å². The first-order chi connectivity index (χ1) is 13.5. The van der Waals surface area contributed by atoms with E-state index in [1.165, 1.54) is 24.3 Å². The molecule has 0 spiro atoms. The number of hydrogen-bond acceptors (Lipinski definition) is 4. The van der Waals surface area contributed by atoms with Crippen LogP contribution in [-0.2, 0) is 19.1 Å². The molecular weight excluding hydrogens is 365 g/mol. The number of ether oxygens (including phenoxy) is 1. The van der Waals surface area contributed by atoms with Gasteiger partial charge in [0.05, 0.1) is 25.4 Å². The minimum Gasteiger partial charge on any atom is -0.370 e. The average Bonchev–Trinajstić information content (AvgIpc) is 2.74. The van der Waals surface area contributed by atoms with Crippen molar-refractivity contribution < 1.29 is 23.5 Å². The monoisotopic (exact) mass is 385 g/mol. The molecule has 1 fully saturated rings. The van der Waals surface area contributed by atoms with Crippen LogP contribution in [0.4, 0.5) is 10.1 Å². The summed E-state index contributed by atoms with van der Waals surface area (Å²) in [7, 11) is 0. The third-order valence-corrected chi connectivity index (χ3v) is 4.32. The molecule has 3 rings (SSSR count). The molecule has 28 heavy (non-hydrogen) atoms. The second-order valence-electron chi connectivity index (χ2n) is 6.23. The first-order valence-corrected chi connectivity index (χ1v) is 8.82. The van der Waals surface area contributed by atoms with Gasteiger partial charge in [-0.25, -0.2) is 4.39 Å². The quantitative estimate of drug-likeness (QED) is 0.781. The maximum atomic E-state index is 13.5. The number of hydrogen-bond donors (Lipinski definition) is 2. The molecular formula is C20H20FN3O4. The summed E-state index contributed by atoms with van der Waals surface area (Å²) < 4.78 is 19.2. The molecule has 8 heteroatoms. The summed E-state index contributed by atoms with van der Waals surface area (Å²) in [6.45, 7) is 0.817. The first kappa shape index (κ1) is 19.5. The van der Waals surface area contributed by atoms with Crippen LogP contribution in [-0.4, -0.2) is 48.9 Å². The fraction of sp³-hybridized carbons (Fsp3) is 0.250. The average molecular weight is 385 g/mol. The predicted octanol–water partition coefficient (Wildman–Crippen LogP) is 1.48. The fourth-order valence-electron chi connectivity index (χ4n) is 2.83. The molecule has 1 aliphatic heterocycles. The number of nitrogens with zero attached hydrogens (tertiary/aromatic N) is 1. The van der Waals surface area contributed by atoms with Crippen molar-refractivity contribution in [2.75, 3.05) is 31.6 Å². The molecule has 1 heterocycles. The molecule has 1 unspecified atom stereocenters. The molecule has 0 aliphatic carbocycles. The van der Waals surface area contributed by atoms with Crippen molar-refractivity contribution in [3.05, 3.63) is 66.0 Å². The van der Waals surface area contributed by atoms with Crippen LogP contribution in [0.2, 0.25) is 0 Å². The van der Waals surface area contributed by atoms with E-state index >= 15 is 0 Å². The Kier molecular flexibility index (Phi) is 6.33. The maximum absolute atomic E-state index is 13.5. The lowest BCUT2D eigenvalue weighted by atomic mass is 10.1. The Morgan fingerprint density at radius 2 is 1.75 bits per heavy atom. The van der Waals surface area contributed by atoms with E-state index in [2.05, 4.69) is 10.6 Å². The third-order valence-electron chi connectivity index (χ3n) is 4.32. The lowest BCUT2D eigenvalue weighted by molar-refractivity contribution is -0.141. The lowest BCUT2D eigenvalue weighted by Gasteiger charge is -2.33. The van der Waals surface area contributed by atoms with E-state index in [0.29, 0.717) is 19.7 Å². The molecule has 3 amide bonds. The number of benzene rings is 2. The lowest BCUT2D eigenvalue weighted by Crippen LogP contribution is -2.48. The predicted molar refractivity (Wildman–Crippen MR) is 99.8 cm³/mol. The van der Waals surface area contributed by atoms with Crippen molar-refractivity contribution >= 4 is 23.4 Å². The fourth-order valence-corrected chi connectivity index (χ4v) is 2.83. The zero-order chi connectivity index (χ0) is 19.9. The zero-order valence-electron chi connectivity index (χ0n) is 15.1. The zero-order valence-corrected chi connectivity index (χ0v) is 15.1. The summed E-state index contributed by atoms with van der Waals surface area (Å²) in [5, 5.41) is 4.44. The van der Waals surface area contributed by atoms with E-state index in [9.17, 15) is 18.8 Å². The van der Waals surface area contributed by atoms with Crippen LogP contribution < -0.4 is 10.6 Å². The van der Waals surface area contributed by atoms with E-state index in [1.54, 1.807) is 4.90 Å². The summed E-state index contributed by atoms with van der Waals surface area (Å²) in [4.78, 5) is 37.7. The number of halogens is 1. The summed E-state index contributed by atoms with van der Waals surface area (Å²) >= 11 is 0. The van der Waals surface area contributed by atoms with Gasteiger partial charge in [0.1, 0.15) is 11.9 Å². The highest BCUT2D eigenvalue weighted by atomic mass is 19.1. The number of nitrogens with one attached hydrogen (secondary N) is 2. The van der Waals surface area contributed by atoms with Gasteiger partial charge in [-0.1, -0.05) is 42.5 Å². The van der Waals surface area contributed by atoms with E-state index in [0.717, 1.165) is 5.56 Å². The van der Waals surface area contributed by atoms with Crippen molar-refractivity contribution in [1.82, 2.24) is 10.2 Å². The molecule has 1 atom stereocenters. The molecule has 0 radical (unpaired) electrons. The second-order valence-corrected chi connectivity index (χ2v) is 6.23. The molecule has 2 aromatic rings. The van der Waals surface area contributed by atoms with Crippen LogP contribution in [0.3, 0.4) is 0 Å². The topological polar surface area (TPSA) is 87.7 Å². The Hall–Kier alpha value is -3.26. The molecule has 7 nitrogen and oxygen atoms in total. The van der Waals surface area contributed by atoms with Crippen molar-refractivity contribution in [3.8, 4) is 0 Å². The maximum Gasteiger partial charge on any atom is 0.313 e. The minimum absolute atomic E-state index is 0.104. The highest BCUT2D eigenvalue weighted by Crippen LogP contribution is 2.21. The van der Waals surface area contributed by atoms with Crippen molar-refractivity contribution in [2.45, 2.75) is 6.10 Å². The van der Waals surface area contributed by atoms with Crippen molar-refractivity contribution in [3.63, 3.8) is 0 Å². The highest BCUT2D eigenvalue weighted by molar-refractivity contribution is 6.39. The van der Waals surface area contributed by atoms with Gasteiger partial charge >= 0.3 is 11.8 Å². The van der Waals surface area contributed by atoms with Gasteiger partial charge in [-0.2, -0.15) is 0 Å². The summed E-state index contributed by atoms with van der Waals surface area (Å²) in [5.74, 6) is -3.03. The Balaban J connectivity index is 1.50. The molecule has 2 aromatic carbocycles. The molecule has 0 saturated carbocycles. The van der Waals surface area contributed by atoms with Gasteiger partial charge < -0.3 is 20.3 Å². The standard InChI is InChI=1S/C20H20FN3O4/c21-15-8-4-5-9-16(15)23-20(27)19(26)22-12-18(25)24-10-11-28-17(13-24)14-6-2-1-3-7-14/h1-9,17H,10-13H2,(H,22,26)(H,23,27). The van der Waals surface area contributed by atoms with Crippen molar-refractivity contribution in [1.29, 1.82) is 0 Å². The van der Waals surface area contributed by atoms with Crippen LogP contribution in [0.15, 0.2) is 54.6 Å². The summed E-state index contributed by atoms with van der Waals surface area (Å²) in [5.41, 5.74) is 0.862. The molecule has 146 valence electrons. The molecule has 0 bridgehead atoms. The van der Waals surface area contributed by atoms with Crippen LogP contribution in [0.5, 0.6) is 0 Å². The van der Waals surface area contributed by atoms with Gasteiger partial charge in [0.15, 0.2) is 0 Å². The summed E-state index contributed by atoms with van der Waals surface area (Å²) in [6.07, 6.45) is -0.237. The normalized spacial score (nSPS) is 16.3. The Morgan fingerprint density at radius 1 is 1.04 bits per heavy atom. The Bertz CT molecular complexity index is 860. The number of anilines is 1. The smallest absolute Gasteiger partial charge is 0.313 e. The van der Waals surface area contributed by atoms with Gasteiger partial charge in [-0.3, -0.25) is 14.4 Å². The third kappa shape index (κ3) is 4.92. The largest absolute Gasteiger partial charge is 0.370 e. The number of carbonyl (C=O) groups excluding carboxylic acids is 3. The van der Waals surface area contributed by atoms with Crippen LogP contribution in [0.1, 0.15) is 11.7 Å². The number of morpholine rings is 1. The van der Waals surface area contributed by atoms with Crippen LogP contribution in [0.25, 0.3) is 0 Å². The number of para-hydroxylation sites is 1. The van der Waals surface area contributed by atoms with Gasteiger partial charge in [0.2, 0.25) is 5.91 Å². The molecule has 1 saturated heterocycles.